The maximum Gasteiger partial charge on any atom is 0.236 e. The minimum Gasteiger partial charge on any atom is -0.452 e. The average Bonchev–Trinajstić information content (AvgIpc) is 3.87. The van der Waals surface area contributed by atoms with Gasteiger partial charge in [-0.15, -0.1) is 0 Å². The minimum absolute atomic E-state index is 0.608. The van der Waals surface area contributed by atoms with E-state index in [0.29, 0.717) is 11.5 Å². The van der Waals surface area contributed by atoms with Crippen LogP contribution in [0.25, 0.3) is 110 Å². The molecule has 12 rings (SSSR count). The highest BCUT2D eigenvalue weighted by atomic mass is 16.3. The van der Waals surface area contributed by atoms with Gasteiger partial charge in [0.05, 0.1) is 22.1 Å². The van der Waals surface area contributed by atoms with Crippen molar-refractivity contribution in [3.8, 4) is 22.9 Å². The first-order valence-corrected chi connectivity index (χ1v) is 17.9. The first kappa shape index (κ1) is 28.5. The van der Waals surface area contributed by atoms with Gasteiger partial charge in [0, 0.05) is 38.2 Å². The third kappa shape index (κ3) is 4.02. The average molecular weight is 677 g/mol. The first-order chi connectivity index (χ1) is 26.3. The topological polar surface area (TPSA) is 48.8 Å². The largest absolute Gasteiger partial charge is 0.452 e. The number of aromatic nitrogens is 4. The van der Waals surface area contributed by atoms with Gasteiger partial charge in [-0.05, 0) is 82.2 Å². The summed E-state index contributed by atoms with van der Waals surface area (Å²) >= 11 is 0. The van der Waals surface area contributed by atoms with Gasteiger partial charge in [-0.3, -0.25) is 4.57 Å². The van der Waals surface area contributed by atoms with Crippen molar-refractivity contribution in [2.45, 2.75) is 0 Å². The van der Waals surface area contributed by atoms with E-state index in [-0.39, 0.29) is 0 Å². The molecular weight excluding hydrogens is 649 g/mol. The Kier molecular flexibility index (Phi) is 5.71. The molecule has 8 aromatic carbocycles. The van der Waals surface area contributed by atoms with Crippen LogP contribution in [0, 0.1) is 0 Å². The number of furan rings is 1. The zero-order valence-corrected chi connectivity index (χ0v) is 28.4. The molecule has 0 fully saturated rings. The van der Waals surface area contributed by atoms with Crippen molar-refractivity contribution >= 4 is 87.2 Å². The lowest BCUT2D eigenvalue weighted by molar-refractivity contribution is 0.666. The summed E-state index contributed by atoms with van der Waals surface area (Å²) < 4.78 is 11.2. The van der Waals surface area contributed by atoms with E-state index in [1.54, 1.807) is 0 Å². The highest BCUT2D eigenvalue weighted by Crippen LogP contribution is 2.42. The second-order valence-electron chi connectivity index (χ2n) is 13.8. The third-order valence-electron chi connectivity index (χ3n) is 10.9. The lowest BCUT2D eigenvalue weighted by Crippen LogP contribution is -2.03. The summed E-state index contributed by atoms with van der Waals surface area (Å²) in [6.45, 7) is 0. The van der Waals surface area contributed by atoms with Crippen LogP contribution < -0.4 is 0 Å². The van der Waals surface area contributed by atoms with Crippen LogP contribution in [-0.4, -0.2) is 19.1 Å². The number of benzene rings is 8. The van der Waals surface area contributed by atoms with Gasteiger partial charge in [0.15, 0.2) is 5.58 Å². The van der Waals surface area contributed by atoms with Crippen LogP contribution >= 0.6 is 0 Å². The van der Waals surface area contributed by atoms with E-state index >= 15 is 0 Å². The normalized spacial score (nSPS) is 12.2. The molecule has 5 heteroatoms. The molecule has 0 saturated heterocycles. The zero-order valence-electron chi connectivity index (χ0n) is 28.4. The Bertz CT molecular complexity index is 3460. The molecule has 0 bridgehead atoms. The van der Waals surface area contributed by atoms with E-state index < -0.39 is 0 Å². The highest BCUT2D eigenvalue weighted by Gasteiger charge is 2.23. The van der Waals surface area contributed by atoms with Gasteiger partial charge in [-0.1, -0.05) is 109 Å². The molecule has 0 amide bonds. The summed E-state index contributed by atoms with van der Waals surface area (Å²) in [6.07, 6.45) is 0. The molecule has 0 atom stereocenters. The Morgan fingerprint density at radius 3 is 1.96 bits per heavy atom. The van der Waals surface area contributed by atoms with Crippen LogP contribution in [0.2, 0.25) is 0 Å². The second-order valence-corrected chi connectivity index (χ2v) is 13.8. The number of rotatable bonds is 3. The van der Waals surface area contributed by atoms with Gasteiger partial charge in [-0.2, -0.15) is 0 Å². The lowest BCUT2D eigenvalue weighted by Gasteiger charge is -2.11. The lowest BCUT2D eigenvalue weighted by atomic mass is 10.0. The zero-order chi connectivity index (χ0) is 34.6. The monoisotopic (exact) mass is 676 g/mol. The van der Waals surface area contributed by atoms with Crippen molar-refractivity contribution in [2.24, 2.45) is 0 Å². The standard InChI is InChI=1S/C48H28N4O/c1-2-15-33(16-3-1)51-39-20-10-8-18-35(39)37-27-32(23-24-40(37)51)45-47-46(36-19-9-11-21-43(36)53-47)50-48(49-45)52-41-25-22-29-12-6-7-17-34(29)44(41)38-26-30-13-4-5-14-31(30)28-42(38)52/h1-28H. The molecule has 4 heterocycles. The predicted octanol–water partition coefficient (Wildman–Crippen LogP) is 12.5. The van der Waals surface area contributed by atoms with Gasteiger partial charge >= 0.3 is 0 Å². The molecule has 0 aliphatic heterocycles. The number of nitrogens with zero attached hydrogens (tertiary/aromatic N) is 4. The maximum absolute atomic E-state index is 6.64. The van der Waals surface area contributed by atoms with Gasteiger partial charge < -0.3 is 8.98 Å². The van der Waals surface area contributed by atoms with Crippen LogP contribution in [-0.2, 0) is 0 Å². The maximum atomic E-state index is 6.64. The van der Waals surface area contributed by atoms with E-state index in [0.717, 1.165) is 60.9 Å². The molecule has 4 aromatic heterocycles. The Labute approximate surface area is 302 Å². The molecular formula is C48H28N4O. The van der Waals surface area contributed by atoms with Gasteiger partial charge in [-0.25, -0.2) is 9.97 Å². The molecule has 246 valence electrons. The quantitative estimate of drug-likeness (QED) is 0.187. The SMILES string of the molecule is c1ccc(-n2c3ccccc3c3cc(-c4nc(-n5c6cc7ccccc7cc6c6c7ccccc7ccc65)nc5c4oc4ccccc45)ccc32)cc1. The summed E-state index contributed by atoms with van der Waals surface area (Å²) in [6, 6.07) is 60.2. The molecule has 0 spiro atoms. The van der Waals surface area contributed by atoms with E-state index in [1.165, 1.54) is 37.7 Å². The summed E-state index contributed by atoms with van der Waals surface area (Å²) in [5, 5.41) is 10.5. The molecule has 0 saturated carbocycles. The predicted molar refractivity (Wildman–Crippen MR) is 218 cm³/mol. The Morgan fingerprint density at radius 2 is 1.09 bits per heavy atom. The van der Waals surface area contributed by atoms with Crippen molar-refractivity contribution in [2.75, 3.05) is 0 Å². The minimum atomic E-state index is 0.608. The fraction of sp³-hybridized carbons (Fsp3) is 0. The summed E-state index contributed by atoms with van der Waals surface area (Å²) in [5.41, 5.74) is 9.54. The molecule has 53 heavy (non-hydrogen) atoms. The van der Waals surface area contributed by atoms with Gasteiger partial charge in [0.2, 0.25) is 5.95 Å². The Balaban J connectivity index is 1.20. The summed E-state index contributed by atoms with van der Waals surface area (Å²) in [4.78, 5) is 10.8. The fourth-order valence-corrected chi connectivity index (χ4v) is 8.54. The van der Waals surface area contributed by atoms with Crippen molar-refractivity contribution < 1.29 is 4.42 Å². The van der Waals surface area contributed by atoms with Crippen molar-refractivity contribution in [1.29, 1.82) is 0 Å². The molecule has 0 aliphatic rings. The molecule has 0 N–H and O–H groups in total. The Morgan fingerprint density at radius 1 is 0.415 bits per heavy atom. The number of hydrogen-bond donors (Lipinski definition) is 0. The van der Waals surface area contributed by atoms with Gasteiger partial charge in [0.25, 0.3) is 0 Å². The second kappa shape index (κ2) is 10.6. The Hall–Kier alpha value is -7.24. The van der Waals surface area contributed by atoms with Crippen molar-refractivity contribution in [3.05, 3.63) is 170 Å². The van der Waals surface area contributed by atoms with Crippen LogP contribution in [0.3, 0.4) is 0 Å². The number of para-hydroxylation sites is 3. The molecule has 0 aliphatic carbocycles. The van der Waals surface area contributed by atoms with E-state index in [9.17, 15) is 0 Å². The third-order valence-corrected chi connectivity index (χ3v) is 10.9. The first-order valence-electron chi connectivity index (χ1n) is 17.9. The van der Waals surface area contributed by atoms with E-state index in [1.807, 2.05) is 18.2 Å². The van der Waals surface area contributed by atoms with Crippen LogP contribution in [0.1, 0.15) is 0 Å². The number of fused-ring (bicyclic) bond motifs is 12. The molecule has 5 nitrogen and oxygen atoms in total. The van der Waals surface area contributed by atoms with Crippen molar-refractivity contribution in [1.82, 2.24) is 19.1 Å². The van der Waals surface area contributed by atoms with Crippen molar-refractivity contribution in [3.63, 3.8) is 0 Å². The van der Waals surface area contributed by atoms with Crippen LogP contribution in [0.5, 0.6) is 0 Å². The summed E-state index contributed by atoms with van der Waals surface area (Å²) in [5.74, 6) is 0.608. The van der Waals surface area contributed by atoms with E-state index in [2.05, 4.69) is 161 Å². The molecule has 0 radical (unpaired) electrons. The van der Waals surface area contributed by atoms with Crippen LogP contribution in [0.15, 0.2) is 174 Å². The van der Waals surface area contributed by atoms with Gasteiger partial charge in [0.1, 0.15) is 16.8 Å². The highest BCUT2D eigenvalue weighted by molar-refractivity contribution is 6.23. The molecule has 0 unspecified atom stereocenters. The number of hydrogen-bond acceptors (Lipinski definition) is 3. The fourth-order valence-electron chi connectivity index (χ4n) is 8.54. The van der Waals surface area contributed by atoms with Crippen LogP contribution in [0.4, 0.5) is 0 Å². The smallest absolute Gasteiger partial charge is 0.236 e. The summed E-state index contributed by atoms with van der Waals surface area (Å²) in [7, 11) is 0. The van der Waals surface area contributed by atoms with E-state index in [4.69, 9.17) is 14.4 Å². The molecule has 12 aromatic rings.